The maximum Gasteiger partial charge on any atom is 0.500 e. The van der Waals surface area contributed by atoms with Crippen molar-refractivity contribution in [2.24, 2.45) is 0 Å². The molecule has 0 radical (unpaired) electrons. The summed E-state index contributed by atoms with van der Waals surface area (Å²) in [5.41, 5.74) is 3.87. The smallest absolute Gasteiger partial charge is 0.374 e. The summed E-state index contributed by atoms with van der Waals surface area (Å²) in [4.78, 5) is 24.4. The van der Waals surface area contributed by atoms with E-state index < -0.39 is 8.80 Å². The van der Waals surface area contributed by atoms with Gasteiger partial charge in [-0.15, -0.1) is 0 Å². The van der Waals surface area contributed by atoms with Gasteiger partial charge in [0.15, 0.2) is 0 Å². The summed E-state index contributed by atoms with van der Waals surface area (Å²) in [6.45, 7) is 9.61. The van der Waals surface area contributed by atoms with Gasteiger partial charge in [0, 0.05) is 48.7 Å². The van der Waals surface area contributed by atoms with Crippen LogP contribution in [0, 0.1) is 0 Å². The minimum Gasteiger partial charge on any atom is -0.374 e. The Hall–Kier alpha value is -1.82. The third-order valence-corrected chi connectivity index (χ3v) is 10.4. The molecule has 0 spiro atoms. The van der Waals surface area contributed by atoms with Gasteiger partial charge in [0.05, 0.1) is 0 Å². The first kappa shape index (κ1) is 32.4. The van der Waals surface area contributed by atoms with Crippen molar-refractivity contribution in [3.8, 4) is 0 Å². The standard InChI is InChI=1S/C28H42N2O5S2Si/c1-5-9-19-36-27(31)29-25-15-11-23(12-16-25)22-24-13-17-26(18-14-24)30-28(32)37-20-10-21-38(33-6-2,34-7-3)35-8-4/h11-18H,5-10,19-22H2,1-4H3,(H,29,31)(H,30,32). The van der Waals surface area contributed by atoms with Crippen LogP contribution in [0.1, 0.15) is 58.1 Å². The molecule has 0 aromatic heterocycles. The molecular formula is C28H42N2O5S2Si. The molecule has 38 heavy (non-hydrogen) atoms. The number of carbonyl (C=O) groups excluding carboxylic acids is 2. The fraction of sp³-hybridized carbons (Fsp3) is 0.500. The lowest BCUT2D eigenvalue weighted by molar-refractivity contribution is 0.0712. The maximum absolute atomic E-state index is 12.4. The van der Waals surface area contributed by atoms with Crippen LogP contribution in [0.5, 0.6) is 0 Å². The van der Waals surface area contributed by atoms with E-state index in [2.05, 4.69) is 17.6 Å². The summed E-state index contributed by atoms with van der Waals surface area (Å²) in [6, 6.07) is 16.5. The molecule has 2 aromatic carbocycles. The number of rotatable bonds is 17. The number of carbonyl (C=O) groups is 2. The van der Waals surface area contributed by atoms with Crippen molar-refractivity contribution < 1.29 is 22.9 Å². The molecule has 0 bridgehead atoms. The summed E-state index contributed by atoms with van der Waals surface area (Å²) in [5, 5.41) is 5.78. The Kier molecular flexibility index (Phi) is 15.7. The molecule has 2 aromatic rings. The Morgan fingerprint density at radius 3 is 1.50 bits per heavy atom. The van der Waals surface area contributed by atoms with Crippen LogP contribution in [0.25, 0.3) is 0 Å². The molecule has 0 unspecified atom stereocenters. The van der Waals surface area contributed by atoms with Gasteiger partial charge >= 0.3 is 8.80 Å². The largest absolute Gasteiger partial charge is 0.500 e. The molecule has 0 aliphatic rings. The quantitative estimate of drug-likeness (QED) is 0.145. The van der Waals surface area contributed by atoms with Gasteiger partial charge in [-0.25, -0.2) is 0 Å². The molecule has 0 saturated carbocycles. The van der Waals surface area contributed by atoms with Gasteiger partial charge in [-0.2, -0.15) is 0 Å². The van der Waals surface area contributed by atoms with E-state index in [1.165, 1.54) is 23.5 Å². The zero-order valence-electron chi connectivity index (χ0n) is 23.0. The lowest BCUT2D eigenvalue weighted by atomic mass is 10.0. The highest BCUT2D eigenvalue weighted by molar-refractivity contribution is 8.14. The van der Waals surface area contributed by atoms with Gasteiger partial charge in [0.25, 0.3) is 10.5 Å². The van der Waals surface area contributed by atoms with Crippen molar-refractivity contribution in [2.75, 3.05) is 42.0 Å². The van der Waals surface area contributed by atoms with Gasteiger partial charge in [-0.3, -0.25) is 9.59 Å². The number of anilines is 2. The van der Waals surface area contributed by atoms with E-state index >= 15 is 0 Å². The first-order valence-electron chi connectivity index (χ1n) is 13.4. The third kappa shape index (κ3) is 12.4. The van der Waals surface area contributed by atoms with Crippen molar-refractivity contribution >= 4 is 54.2 Å². The maximum atomic E-state index is 12.4. The Bertz CT molecular complexity index is 944. The molecule has 0 aliphatic carbocycles. The van der Waals surface area contributed by atoms with Gasteiger partial charge in [0.1, 0.15) is 0 Å². The Morgan fingerprint density at radius 1 is 0.684 bits per heavy atom. The molecule has 10 heteroatoms. The van der Waals surface area contributed by atoms with Gasteiger partial charge < -0.3 is 23.9 Å². The zero-order chi connectivity index (χ0) is 27.6. The first-order valence-corrected chi connectivity index (χ1v) is 17.3. The van der Waals surface area contributed by atoms with Crippen molar-refractivity contribution in [3.63, 3.8) is 0 Å². The van der Waals surface area contributed by atoms with E-state index in [1.54, 1.807) is 0 Å². The number of unbranched alkanes of at least 4 members (excludes halogenated alkanes) is 1. The van der Waals surface area contributed by atoms with Crippen LogP contribution in [-0.2, 0) is 19.7 Å². The normalized spacial score (nSPS) is 11.4. The Labute approximate surface area is 237 Å². The molecule has 210 valence electrons. The summed E-state index contributed by atoms with van der Waals surface area (Å²) in [5.74, 6) is 1.51. The molecule has 0 saturated heterocycles. The van der Waals surface area contributed by atoms with Gasteiger partial charge in [0.2, 0.25) is 0 Å². The van der Waals surface area contributed by atoms with Crippen molar-refractivity contribution in [1.82, 2.24) is 0 Å². The average molecular weight is 579 g/mol. The molecule has 7 nitrogen and oxygen atoms in total. The number of hydrogen-bond donors (Lipinski definition) is 2. The number of thioether (sulfide) groups is 2. The summed E-state index contributed by atoms with van der Waals surface area (Å²) >= 11 is 2.58. The number of hydrogen-bond acceptors (Lipinski definition) is 7. The molecule has 2 rings (SSSR count). The van der Waals surface area contributed by atoms with Gasteiger partial charge in [-0.05, 0) is 75.4 Å². The highest BCUT2D eigenvalue weighted by Gasteiger charge is 2.39. The van der Waals surface area contributed by atoms with Crippen LogP contribution >= 0.6 is 23.5 Å². The van der Waals surface area contributed by atoms with E-state index in [0.717, 1.165) is 53.9 Å². The van der Waals surface area contributed by atoms with Crippen molar-refractivity contribution in [1.29, 1.82) is 0 Å². The van der Waals surface area contributed by atoms with E-state index in [-0.39, 0.29) is 10.5 Å². The molecule has 0 fully saturated rings. The lowest BCUT2D eigenvalue weighted by Crippen LogP contribution is -2.46. The fourth-order valence-corrected chi connectivity index (χ4v) is 8.06. The Morgan fingerprint density at radius 2 is 1.11 bits per heavy atom. The summed E-state index contributed by atoms with van der Waals surface area (Å²) in [7, 11) is -2.66. The van der Waals surface area contributed by atoms with Crippen LogP contribution in [0.2, 0.25) is 6.04 Å². The second kappa shape index (κ2) is 18.5. The third-order valence-electron chi connectivity index (χ3n) is 5.49. The second-order valence-electron chi connectivity index (χ2n) is 8.53. The minimum atomic E-state index is -2.66. The second-order valence-corrected chi connectivity index (χ2v) is 13.4. The SMILES string of the molecule is CCCCSC(=O)Nc1ccc(Cc2ccc(NC(=O)SCCC[Si](OCC)(OCC)OCC)cc2)cc1. The van der Waals surface area contributed by atoms with E-state index in [1.807, 2.05) is 69.3 Å². The molecule has 0 aliphatic heterocycles. The average Bonchev–Trinajstić information content (AvgIpc) is 2.90. The highest BCUT2D eigenvalue weighted by Crippen LogP contribution is 2.22. The van der Waals surface area contributed by atoms with E-state index in [9.17, 15) is 9.59 Å². The number of nitrogens with one attached hydrogen (secondary N) is 2. The predicted molar refractivity (Wildman–Crippen MR) is 164 cm³/mol. The molecule has 2 N–H and O–H groups in total. The molecule has 0 atom stereocenters. The van der Waals surface area contributed by atoms with Crippen LogP contribution in [0.4, 0.5) is 21.0 Å². The molecule has 0 heterocycles. The highest BCUT2D eigenvalue weighted by atomic mass is 32.2. The lowest BCUT2D eigenvalue weighted by Gasteiger charge is -2.28. The monoisotopic (exact) mass is 578 g/mol. The van der Waals surface area contributed by atoms with Crippen LogP contribution in [-0.4, -0.2) is 50.6 Å². The topological polar surface area (TPSA) is 85.9 Å². The fourth-order valence-electron chi connectivity index (χ4n) is 3.72. The van der Waals surface area contributed by atoms with Crippen molar-refractivity contribution in [2.45, 2.75) is 59.4 Å². The Balaban J connectivity index is 1.76. The number of benzene rings is 2. The first-order chi connectivity index (χ1) is 18.4. The predicted octanol–water partition coefficient (Wildman–Crippen LogP) is 8.05. The van der Waals surface area contributed by atoms with E-state index in [4.69, 9.17) is 13.3 Å². The van der Waals surface area contributed by atoms with Crippen molar-refractivity contribution in [3.05, 3.63) is 59.7 Å². The minimum absolute atomic E-state index is 0.0153. The molecule has 2 amide bonds. The molecular weight excluding hydrogens is 537 g/mol. The zero-order valence-corrected chi connectivity index (χ0v) is 25.7. The van der Waals surface area contributed by atoms with Crippen LogP contribution in [0.15, 0.2) is 48.5 Å². The summed E-state index contributed by atoms with van der Waals surface area (Å²) in [6.07, 6.45) is 3.68. The number of amides is 2. The van der Waals surface area contributed by atoms with Gasteiger partial charge in [-0.1, -0.05) is 61.1 Å². The summed E-state index contributed by atoms with van der Waals surface area (Å²) < 4.78 is 17.6. The van der Waals surface area contributed by atoms with E-state index in [0.29, 0.717) is 31.6 Å². The van der Waals surface area contributed by atoms with Crippen LogP contribution < -0.4 is 10.6 Å². The van der Waals surface area contributed by atoms with Crippen LogP contribution in [0.3, 0.4) is 0 Å².